The van der Waals surface area contributed by atoms with E-state index in [1.165, 1.54) is 5.56 Å². The Kier molecular flexibility index (Phi) is 5.75. The Hall–Kier alpha value is -2.10. The maximum absolute atomic E-state index is 4.46. The quantitative estimate of drug-likeness (QED) is 0.840. The van der Waals surface area contributed by atoms with Gasteiger partial charge in [-0.1, -0.05) is 44.2 Å². The highest BCUT2D eigenvalue weighted by Crippen LogP contribution is 2.19. The predicted molar refractivity (Wildman–Crippen MR) is 93.1 cm³/mol. The molecule has 4 nitrogen and oxygen atoms in total. The summed E-state index contributed by atoms with van der Waals surface area (Å²) in [5.74, 6) is 2.43. The predicted octanol–water partition coefficient (Wildman–Crippen LogP) is 3.96. The number of nitrogens with one attached hydrogen (secondary N) is 1. The summed E-state index contributed by atoms with van der Waals surface area (Å²) in [6.07, 6.45) is 1.64. The van der Waals surface area contributed by atoms with Gasteiger partial charge in [0.1, 0.15) is 18.0 Å². The largest absolute Gasteiger partial charge is 0.370 e. The molecule has 1 N–H and O–H groups in total. The van der Waals surface area contributed by atoms with Crippen molar-refractivity contribution in [1.29, 1.82) is 0 Å². The van der Waals surface area contributed by atoms with Crippen LogP contribution in [0.5, 0.6) is 0 Å². The molecule has 2 rings (SSSR count). The average molecular weight is 298 g/mol. The fourth-order valence-corrected chi connectivity index (χ4v) is 2.22. The Labute approximate surface area is 133 Å². The molecule has 0 radical (unpaired) electrons. The van der Waals surface area contributed by atoms with Crippen LogP contribution in [0.2, 0.25) is 0 Å². The first-order valence-corrected chi connectivity index (χ1v) is 7.92. The zero-order chi connectivity index (χ0) is 15.9. The van der Waals surface area contributed by atoms with E-state index in [2.05, 4.69) is 72.1 Å². The first-order chi connectivity index (χ1) is 10.6. The molecule has 0 bridgehead atoms. The van der Waals surface area contributed by atoms with Crippen LogP contribution in [0.1, 0.15) is 33.3 Å². The lowest BCUT2D eigenvalue weighted by atomic mass is 10.2. The standard InChI is InChI=1S/C18H26N4/c1-14(2)11-19-17-10-18(21-13-20-17)22(15(3)4)12-16-8-6-5-7-9-16/h5-10,13-15H,11-12H2,1-4H3,(H,19,20,21). The molecule has 0 saturated heterocycles. The second-order valence-electron chi connectivity index (χ2n) is 6.24. The molecule has 0 saturated carbocycles. The molecular weight excluding hydrogens is 272 g/mol. The minimum atomic E-state index is 0.369. The molecule has 0 spiro atoms. The molecule has 118 valence electrons. The van der Waals surface area contributed by atoms with Crippen LogP contribution in [0.15, 0.2) is 42.7 Å². The highest BCUT2D eigenvalue weighted by Gasteiger charge is 2.13. The normalized spacial score (nSPS) is 11.0. The van der Waals surface area contributed by atoms with Crippen LogP contribution in [-0.4, -0.2) is 22.6 Å². The van der Waals surface area contributed by atoms with Crippen LogP contribution in [0.4, 0.5) is 11.6 Å². The Balaban J connectivity index is 2.16. The van der Waals surface area contributed by atoms with E-state index in [0.29, 0.717) is 12.0 Å². The molecule has 2 aromatic rings. The minimum Gasteiger partial charge on any atom is -0.370 e. The summed E-state index contributed by atoms with van der Waals surface area (Å²) >= 11 is 0. The van der Waals surface area contributed by atoms with E-state index < -0.39 is 0 Å². The lowest BCUT2D eigenvalue weighted by molar-refractivity contribution is 0.669. The van der Waals surface area contributed by atoms with Crippen molar-refractivity contribution in [3.63, 3.8) is 0 Å². The maximum atomic E-state index is 4.46. The molecule has 0 aliphatic carbocycles. The summed E-state index contributed by atoms with van der Waals surface area (Å²) in [6.45, 7) is 10.5. The lowest BCUT2D eigenvalue weighted by Crippen LogP contribution is -2.31. The molecule has 0 atom stereocenters. The van der Waals surface area contributed by atoms with Crippen LogP contribution >= 0.6 is 0 Å². The highest BCUT2D eigenvalue weighted by atomic mass is 15.2. The lowest BCUT2D eigenvalue weighted by Gasteiger charge is -2.28. The first-order valence-electron chi connectivity index (χ1n) is 7.92. The van der Waals surface area contributed by atoms with E-state index in [1.807, 2.05) is 12.1 Å². The Morgan fingerprint density at radius 2 is 1.77 bits per heavy atom. The SMILES string of the molecule is CC(C)CNc1cc(N(Cc2ccccc2)C(C)C)ncn1. The van der Waals surface area contributed by atoms with Crippen molar-refractivity contribution in [2.45, 2.75) is 40.3 Å². The van der Waals surface area contributed by atoms with Gasteiger partial charge >= 0.3 is 0 Å². The third kappa shape index (κ3) is 4.72. The van der Waals surface area contributed by atoms with Gasteiger partial charge in [0, 0.05) is 25.2 Å². The maximum Gasteiger partial charge on any atom is 0.134 e. The highest BCUT2D eigenvalue weighted by molar-refractivity contribution is 5.49. The molecule has 0 amide bonds. The zero-order valence-electron chi connectivity index (χ0n) is 14.0. The third-order valence-corrected chi connectivity index (χ3v) is 3.46. The van der Waals surface area contributed by atoms with Gasteiger partial charge in [0.25, 0.3) is 0 Å². The number of rotatable bonds is 7. The smallest absolute Gasteiger partial charge is 0.134 e. The number of anilines is 2. The van der Waals surface area contributed by atoms with Crippen LogP contribution in [0.3, 0.4) is 0 Å². The number of aromatic nitrogens is 2. The van der Waals surface area contributed by atoms with Crippen LogP contribution in [-0.2, 0) is 6.54 Å². The molecule has 0 unspecified atom stereocenters. The summed E-state index contributed by atoms with van der Waals surface area (Å²) in [5.41, 5.74) is 1.28. The first kappa shape index (κ1) is 16.3. The van der Waals surface area contributed by atoms with Gasteiger partial charge in [-0.05, 0) is 25.3 Å². The second kappa shape index (κ2) is 7.78. The average Bonchev–Trinajstić information content (AvgIpc) is 2.51. The van der Waals surface area contributed by atoms with Gasteiger partial charge in [-0.3, -0.25) is 0 Å². The molecule has 1 aromatic carbocycles. The van der Waals surface area contributed by atoms with Crippen molar-refractivity contribution in [2.75, 3.05) is 16.8 Å². The second-order valence-corrected chi connectivity index (χ2v) is 6.24. The Morgan fingerprint density at radius 3 is 2.41 bits per heavy atom. The number of benzene rings is 1. The van der Waals surface area contributed by atoms with E-state index in [-0.39, 0.29) is 0 Å². The molecule has 1 heterocycles. The van der Waals surface area contributed by atoms with Crippen LogP contribution in [0, 0.1) is 5.92 Å². The van der Waals surface area contributed by atoms with E-state index in [9.17, 15) is 0 Å². The summed E-state index contributed by atoms with van der Waals surface area (Å²) < 4.78 is 0. The fraction of sp³-hybridized carbons (Fsp3) is 0.444. The summed E-state index contributed by atoms with van der Waals surface area (Å²) in [4.78, 5) is 11.1. The van der Waals surface area contributed by atoms with Crippen LogP contribution < -0.4 is 10.2 Å². The molecule has 0 fully saturated rings. The van der Waals surface area contributed by atoms with E-state index in [0.717, 1.165) is 24.7 Å². The van der Waals surface area contributed by atoms with E-state index in [4.69, 9.17) is 0 Å². The summed E-state index contributed by atoms with van der Waals surface area (Å²) in [6, 6.07) is 12.9. The molecule has 1 aromatic heterocycles. The minimum absolute atomic E-state index is 0.369. The van der Waals surface area contributed by atoms with Gasteiger partial charge in [-0.25, -0.2) is 9.97 Å². The third-order valence-electron chi connectivity index (χ3n) is 3.46. The topological polar surface area (TPSA) is 41.0 Å². The van der Waals surface area contributed by atoms with Gasteiger partial charge < -0.3 is 10.2 Å². The van der Waals surface area contributed by atoms with Gasteiger partial charge in [-0.15, -0.1) is 0 Å². The van der Waals surface area contributed by atoms with Gasteiger partial charge in [0.15, 0.2) is 0 Å². The Bertz CT molecular complexity index is 566. The van der Waals surface area contributed by atoms with Gasteiger partial charge in [0.2, 0.25) is 0 Å². The van der Waals surface area contributed by atoms with Crippen molar-refractivity contribution >= 4 is 11.6 Å². The molecule has 22 heavy (non-hydrogen) atoms. The fourth-order valence-electron chi connectivity index (χ4n) is 2.22. The Morgan fingerprint density at radius 1 is 1.05 bits per heavy atom. The number of hydrogen-bond acceptors (Lipinski definition) is 4. The monoisotopic (exact) mass is 298 g/mol. The van der Waals surface area contributed by atoms with Crippen molar-refractivity contribution in [2.24, 2.45) is 5.92 Å². The van der Waals surface area contributed by atoms with Gasteiger partial charge in [-0.2, -0.15) is 0 Å². The molecule has 4 heteroatoms. The molecule has 0 aliphatic rings. The van der Waals surface area contributed by atoms with E-state index in [1.54, 1.807) is 6.33 Å². The molecular formula is C18H26N4. The van der Waals surface area contributed by atoms with E-state index >= 15 is 0 Å². The van der Waals surface area contributed by atoms with Crippen molar-refractivity contribution in [3.8, 4) is 0 Å². The summed E-state index contributed by atoms with van der Waals surface area (Å²) in [5, 5.41) is 3.36. The number of nitrogens with zero attached hydrogens (tertiary/aromatic N) is 3. The summed E-state index contributed by atoms with van der Waals surface area (Å²) in [7, 11) is 0. The van der Waals surface area contributed by atoms with Crippen molar-refractivity contribution in [1.82, 2.24) is 9.97 Å². The van der Waals surface area contributed by atoms with Gasteiger partial charge in [0.05, 0.1) is 0 Å². The molecule has 0 aliphatic heterocycles. The zero-order valence-corrected chi connectivity index (χ0v) is 14.0. The van der Waals surface area contributed by atoms with Crippen molar-refractivity contribution < 1.29 is 0 Å². The number of hydrogen-bond donors (Lipinski definition) is 1. The van der Waals surface area contributed by atoms with Crippen LogP contribution in [0.25, 0.3) is 0 Å². The van der Waals surface area contributed by atoms with Crippen molar-refractivity contribution in [3.05, 3.63) is 48.3 Å².